The van der Waals surface area contributed by atoms with Crippen molar-refractivity contribution >= 4 is 53.1 Å². The highest BCUT2D eigenvalue weighted by Gasteiger charge is 2.24. The van der Waals surface area contributed by atoms with Crippen molar-refractivity contribution in [2.45, 2.75) is 0 Å². The number of rotatable bonds is 4. The van der Waals surface area contributed by atoms with Crippen molar-refractivity contribution in [2.75, 3.05) is 0 Å². The van der Waals surface area contributed by atoms with E-state index in [9.17, 15) is 0 Å². The maximum Gasteiger partial charge on any atom is 0.164 e. The Hall–Kier alpha value is -6.49. The fraction of sp³-hybridized carbons (Fsp3) is 0. The van der Waals surface area contributed by atoms with Crippen LogP contribution in [0.5, 0.6) is 0 Å². The van der Waals surface area contributed by atoms with Crippen molar-refractivity contribution in [3.63, 3.8) is 0 Å². The molecule has 0 N–H and O–H groups in total. The van der Waals surface area contributed by atoms with Crippen LogP contribution in [0.1, 0.15) is 0 Å². The van der Waals surface area contributed by atoms with Crippen molar-refractivity contribution in [3.8, 4) is 67.5 Å². The quantitative estimate of drug-likeness (QED) is 0.188. The summed E-state index contributed by atoms with van der Waals surface area (Å²) in [5, 5.41) is 7.55. The molecule has 1 aliphatic rings. The van der Waals surface area contributed by atoms with Gasteiger partial charge >= 0.3 is 0 Å². The van der Waals surface area contributed by atoms with Crippen LogP contribution in [-0.2, 0) is 0 Å². The molecule has 10 aromatic rings. The summed E-state index contributed by atoms with van der Waals surface area (Å²) in [5.74, 6) is 1.98. The average Bonchev–Trinajstić information content (AvgIpc) is 3.73. The lowest BCUT2D eigenvalue weighted by Crippen LogP contribution is -2.00. The lowest BCUT2D eigenvalue weighted by atomic mass is 9.92. The summed E-state index contributed by atoms with van der Waals surface area (Å²) in [6, 6.07) is 58.4. The lowest BCUT2D eigenvalue weighted by molar-refractivity contribution is 1.08. The third-order valence-corrected chi connectivity index (χ3v) is 11.4. The minimum atomic E-state index is 0.660. The Morgan fingerprint density at radius 2 is 0.824 bits per heavy atom. The summed E-state index contributed by atoms with van der Waals surface area (Å²) in [6.07, 6.45) is 0. The van der Waals surface area contributed by atoms with Crippen LogP contribution in [0, 0.1) is 0 Å². The largest absolute Gasteiger partial charge is 0.208 e. The zero-order valence-corrected chi connectivity index (χ0v) is 28.2. The third-order valence-electron chi connectivity index (χ3n) is 10.3. The molecule has 0 aliphatic heterocycles. The Morgan fingerprint density at radius 3 is 1.49 bits per heavy atom. The lowest BCUT2D eigenvalue weighted by Gasteiger charge is -2.13. The van der Waals surface area contributed by atoms with Gasteiger partial charge in [0, 0.05) is 36.9 Å². The Bertz CT molecular complexity index is 2960. The van der Waals surface area contributed by atoms with Gasteiger partial charge in [0.05, 0.1) is 0 Å². The topological polar surface area (TPSA) is 38.7 Å². The predicted molar refractivity (Wildman–Crippen MR) is 214 cm³/mol. The molecule has 0 spiro atoms. The number of hydrogen-bond acceptors (Lipinski definition) is 4. The van der Waals surface area contributed by atoms with Crippen molar-refractivity contribution in [1.29, 1.82) is 0 Å². The van der Waals surface area contributed by atoms with Gasteiger partial charge in [-0.3, -0.25) is 0 Å². The number of hydrogen-bond donors (Lipinski definition) is 0. The molecule has 1 aliphatic carbocycles. The average molecular weight is 666 g/mol. The van der Waals surface area contributed by atoms with E-state index in [1.807, 2.05) is 47.7 Å². The van der Waals surface area contributed by atoms with Gasteiger partial charge < -0.3 is 0 Å². The summed E-state index contributed by atoms with van der Waals surface area (Å²) in [6.45, 7) is 0. The third kappa shape index (κ3) is 4.33. The first-order chi connectivity index (χ1) is 25.3. The summed E-state index contributed by atoms with van der Waals surface area (Å²) in [5.41, 5.74) is 10.7. The van der Waals surface area contributed by atoms with Crippen molar-refractivity contribution < 1.29 is 0 Å². The second kappa shape index (κ2) is 11.0. The van der Waals surface area contributed by atoms with E-state index in [0.717, 1.165) is 22.1 Å². The normalized spacial score (nSPS) is 11.9. The van der Waals surface area contributed by atoms with Gasteiger partial charge in [-0.25, -0.2) is 15.0 Å². The van der Waals surface area contributed by atoms with Crippen molar-refractivity contribution in [2.24, 2.45) is 0 Å². The van der Waals surface area contributed by atoms with Crippen LogP contribution in [0.4, 0.5) is 0 Å². The molecule has 0 amide bonds. The van der Waals surface area contributed by atoms with Gasteiger partial charge in [0.2, 0.25) is 0 Å². The Balaban J connectivity index is 1.12. The Morgan fingerprint density at radius 1 is 0.314 bits per heavy atom. The fourth-order valence-electron chi connectivity index (χ4n) is 8.00. The van der Waals surface area contributed by atoms with Crippen LogP contribution in [-0.4, -0.2) is 15.0 Å². The minimum Gasteiger partial charge on any atom is -0.208 e. The zero-order chi connectivity index (χ0) is 33.5. The molecule has 236 valence electrons. The Labute approximate surface area is 298 Å². The molecule has 0 atom stereocenters. The summed E-state index contributed by atoms with van der Waals surface area (Å²) >= 11 is 1.88. The van der Waals surface area contributed by atoms with E-state index in [0.29, 0.717) is 17.5 Å². The molecule has 0 saturated carbocycles. The summed E-state index contributed by atoms with van der Waals surface area (Å²) in [4.78, 5) is 15.1. The smallest absolute Gasteiger partial charge is 0.164 e. The molecule has 0 saturated heterocycles. The monoisotopic (exact) mass is 665 g/mol. The molecule has 0 bridgehead atoms. The fourth-order valence-corrected chi connectivity index (χ4v) is 9.15. The standard InChI is InChI=1S/C47H27N3S/c1-3-12-29(13-4-1)45-48-46(30-14-5-2-6-15-30)50-47(49-45)37-24-10-18-31-32(19-9-20-33(31)37)34-23-11-25-41-44(34)40-26-38-35-21-7-16-28-17-8-22-36(43(28)35)39(38)27-42(40)51-41/h1-27H. The van der Waals surface area contributed by atoms with Gasteiger partial charge in [-0.2, -0.15) is 0 Å². The highest BCUT2D eigenvalue weighted by Crippen LogP contribution is 2.51. The first-order valence-corrected chi connectivity index (χ1v) is 18.0. The van der Waals surface area contributed by atoms with Crippen LogP contribution >= 0.6 is 11.3 Å². The van der Waals surface area contributed by atoms with E-state index in [4.69, 9.17) is 15.0 Å². The van der Waals surface area contributed by atoms with E-state index in [-0.39, 0.29) is 0 Å². The first-order valence-electron chi connectivity index (χ1n) is 17.2. The molecular formula is C47H27N3S. The molecule has 11 rings (SSSR count). The van der Waals surface area contributed by atoms with Gasteiger partial charge in [0.1, 0.15) is 0 Å². The maximum atomic E-state index is 5.08. The SMILES string of the molecule is c1ccc(-c2nc(-c3ccccc3)nc(-c3cccc4c(-c5cccc6sc7cc8c(cc7c56)-c5cccc6cccc-8c56)cccc34)n2)cc1. The highest BCUT2D eigenvalue weighted by atomic mass is 32.1. The number of fused-ring (bicyclic) bond motifs is 7. The highest BCUT2D eigenvalue weighted by molar-refractivity contribution is 7.26. The number of nitrogens with zero attached hydrogens (tertiary/aromatic N) is 3. The van der Waals surface area contributed by atoms with Crippen molar-refractivity contribution in [1.82, 2.24) is 15.0 Å². The molecule has 51 heavy (non-hydrogen) atoms. The van der Waals surface area contributed by atoms with Crippen LogP contribution in [0.3, 0.4) is 0 Å². The summed E-state index contributed by atoms with van der Waals surface area (Å²) in [7, 11) is 0. The number of aromatic nitrogens is 3. The molecule has 3 nitrogen and oxygen atoms in total. The number of thiophene rings is 1. The van der Waals surface area contributed by atoms with Crippen LogP contribution < -0.4 is 0 Å². The molecule has 8 aromatic carbocycles. The molecular weight excluding hydrogens is 639 g/mol. The van der Waals surface area contributed by atoms with Crippen molar-refractivity contribution in [3.05, 3.63) is 164 Å². The van der Waals surface area contributed by atoms with Gasteiger partial charge in [-0.05, 0) is 73.1 Å². The second-order valence-corrected chi connectivity index (χ2v) is 14.2. The minimum absolute atomic E-state index is 0.660. The molecule has 0 unspecified atom stereocenters. The molecule has 4 heteroatoms. The molecule has 2 aromatic heterocycles. The maximum absolute atomic E-state index is 5.08. The van der Waals surface area contributed by atoms with Gasteiger partial charge in [0.15, 0.2) is 17.5 Å². The van der Waals surface area contributed by atoms with Crippen LogP contribution in [0.2, 0.25) is 0 Å². The molecule has 0 fully saturated rings. The van der Waals surface area contributed by atoms with E-state index in [1.54, 1.807) is 0 Å². The Kier molecular flexibility index (Phi) is 6.12. The zero-order valence-electron chi connectivity index (χ0n) is 27.3. The van der Waals surface area contributed by atoms with E-state index >= 15 is 0 Å². The predicted octanol–water partition coefficient (Wildman–Crippen LogP) is 12.9. The van der Waals surface area contributed by atoms with E-state index in [2.05, 4.69) is 127 Å². The summed E-state index contributed by atoms with van der Waals surface area (Å²) < 4.78 is 2.61. The molecule has 2 heterocycles. The van der Waals surface area contributed by atoms with Crippen LogP contribution in [0.25, 0.3) is 109 Å². The number of benzene rings is 8. The van der Waals surface area contributed by atoms with E-state index in [1.165, 1.54) is 69.7 Å². The van der Waals surface area contributed by atoms with Gasteiger partial charge in [0.25, 0.3) is 0 Å². The van der Waals surface area contributed by atoms with Crippen LogP contribution in [0.15, 0.2) is 164 Å². The first kappa shape index (κ1) is 28.4. The molecule has 0 radical (unpaired) electrons. The van der Waals surface area contributed by atoms with Gasteiger partial charge in [-0.1, -0.05) is 146 Å². The van der Waals surface area contributed by atoms with Gasteiger partial charge in [-0.15, -0.1) is 11.3 Å². The second-order valence-electron chi connectivity index (χ2n) is 13.1. The van der Waals surface area contributed by atoms with E-state index < -0.39 is 0 Å².